The third-order valence-corrected chi connectivity index (χ3v) is 8.35. The van der Waals surface area contributed by atoms with E-state index in [1.54, 1.807) is 37.7 Å². The van der Waals surface area contributed by atoms with Crippen LogP contribution in [0.3, 0.4) is 0 Å². The molecule has 8 nitrogen and oxygen atoms in total. The molecule has 5 rings (SSSR count). The van der Waals surface area contributed by atoms with Crippen LogP contribution in [-0.4, -0.2) is 30.9 Å². The number of benzene rings is 3. The van der Waals surface area contributed by atoms with Crippen LogP contribution in [0.2, 0.25) is 0 Å². The minimum atomic E-state index is -0.835. The predicted octanol–water partition coefficient (Wildman–Crippen LogP) is 5.55. The fourth-order valence-corrected chi connectivity index (χ4v) is 6.21. The van der Waals surface area contributed by atoms with Gasteiger partial charge < -0.3 is 18.9 Å². The van der Waals surface area contributed by atoms with Gasteiger partial charge in [-0.3, -0.25) is 9.36 Å². The maximum Gasteiger partial charge on any atom is 0.338 e. The fourth-order valence-electron chi connectivity index (χ4n) is 4.91. The quantitative estimate of drug-likeness (QED) is 0.207. The van der Waals surface area contributed by atoms with E-state index in [-0.39, 0.29) is 17.7 Å². The first-order valence-electron chi connectivity index (χ1n) is 13.8. The van der Waals surface area contributed by atoms with Gasteiger partial charge in [-0.25, -0.2) is 9.79 Å². The Morgan fingerprint density at radius 2 is 1.74 bits per heavy atom. The van der Waals surface area contributed by atoms with Crippen molar-refractivity contribution in [3.05, 3.63) is 119 Å². The molecule has 43 heavy (non-hydrogen) atoms. The zero-order valence-corrected chi connectivity index (χ0v) is 26.7. The van der Waals surface area contributed by atoms with Gasteiger partial charge in [0.2, 0.25) is 0 Å². The van der Waals surface area contributed by atoms with Crippen LogP contribution in [-0.2, 0) is 16.1 Å². The van der Waals surface area contributed by atoms with Crippen molar-refractivity contribution >= 4 is 39.3 Å². The molecule has 0 unspecified atom stereocenters. The van der Waals surface area contributed by atoms with E-state index in [2.05, 4.69) is 20.9 Å². The van der Waals surface area contributed by atoms with Crippen LogP contribution in [0, 0.1) is 0 Å². The number of allylic oxidation sites excluding steroid dienone is 1. The molecule has 2 heterocycles. The Morgan fingerprint density at radius 3 is 2.47 bits per heavy atom. The number of fused-ring (bicyclic) bond motifs is 1. The topological polar surface area (TPSA) is 88.4 Å². The van der Waals surface area contributed by atoms with Gasteiger partial charge in [0.1, 0.15) is 18.4 Å². The van der Waals surface area contributed by atoms with Crippen molar-refractivity contribution in [2.24, 2.45) is 4.99 Å². The van der Waals surface area contributed by atoms with Crippen LogP contribution >= 0.6 is 27.3 Å². The molecule has 1 aliphatic heterocycles. The molecule has 222 valence electrons. The number of thiazole rings is 1. The molecule has 0 spiro atoms. The SMILES string of the molecule is CCOC(=O)C1=C(C)N=c2s/c(=C/c3ccccc3OCc3ccc(Br)cc3)c(=O)n2[C@@H]1c1cccc(OC)c1OCC. The molecule has 0 fully saturated rings. The molecule has 0 amide bonds. The van der Waals surface area contributed by atoms with Crippen molar-refractivity contribution in [2.45, 2.75) is 33.4 Å². The number of esters is 1. The first kappa shape index (κ1) is 30.3. The lowest BCUT2D eigenvalue weighted by atomic mass is 9.94. The van der Waals surface area contributed by atoms with Crippen LogP contribution in [0.4, 0.5) is 0 Å². The van der Waals surface area contributed by atoms with Crippen molar-refractivity contribution in [1.29, 1.82) is 0 Å². The van der Waals surface area contributed by atoms with Crippen LogP contribution < -0.4 is 29.1 Å². The molecule has 10 heteroatoms. The Labute approximate surface area is 261 Å². The van der Waals surface area contributed by atoms with Gasteiger partial charge in [-0.2, -0.15) is 0 Å². The molecule has 0 saturated heterocycles. The number of nitrogens with zero attached hydrogens (tertiary/aromatic N) is 2. The lowest BCUT2D eigenvalue weighted by Crippen LogP contribution is -2.40. The number of halogens is 1. The molecule has 0 bridgehead atoms. The summed E-state index contributed by atoms with van der Waals surface area (Å²) >= 11 is 4.71. The highest BCUT2D eigenvalue weighted by atomic mass is 79.9. The molecule has 3 aromatic carbocycles. The molecular formula is C33H31BrN2O6S. The number of carbonyl (C=O) groups excluding carboxylic acids is 1. The summed E-state index contributed by atoms with van der Waals surface area (Å²) < 4.78 is 26.2. The third-order valence-electron chi connectivity index (χ3n) is 6.84. The zero-order valence-electron chi connectivity index (χ0n) is 24.3. The van der Waals surface area contributed by atoms with Gasteiger partial charge in [0.15, 0.2) is 16.3 Å². The van der Waals surface area contributed by atoms with E-state index >= 15 is 0 Å². The predicted molar refractivity (Wildman–Crippen MR) is 169 cm³/mol. The maximum absolute atomic E-state index is 14.2. The van der Waals surface area contributed by atoms with E-state index in [1.165, 1.54) is 11.3 Å². The Kier molecular flexibility index (Phi) is 9.47. The van der Waals surface area contributed by atoms with Crippen LogP contribution in [0.25, 0.3) is 6.08 Å². The van der Waals surface area contributed by atoms with Gasteiger partial charge in [-0.1, -0.05) is 69.7 Å². The van der Waals surface area contributed by atoms with Gasteiger partial charge in [0.25, 0.3) is 5.56 Å². The van der Waals surface area contributed by atoms with Crippen LogP contribution in [0.1, 0.15) is 43.5 Å². The number of carbonyl (C=O) groups is 1. The molecule has 0 radical (unpaired) electrons. The van der Waals surface area contributed by atoms with Crippen molar-refractivity contribution < 1.29 is 23.7 Å². The summed E-state index contributed by atoms with van der Waals surface area (Å²) in [5.41, 5.74) is 2.82. The fraction of sp³-hybridized carbons (Fsp3) is 0.242. The monoisotopic (exact) mass is 662 g/mol. The van der Waals surface area contributed by atoms with Crippen molar-refractivity contribution in [1.82, 2.24) is 4.57 Å². The largest absolute Gasteiger partial charge is 0.493 e. The van der Waals surface area contributed by atoms with E-state index in [1.807, 2.05) is 67.6 Å². The summed E-state index contributed by atoms with van der Waals surface area (Å²) in [5.74, 6) is 1.05. The molecule has 4 aromatic rings. The minimum Gasteiger partial charge on any atom is -0.493 e. The average molecular weight is 664 g/mol. The Balaban J connectivity index is 1.65. The van der Waals surface area contributed by atoms with E-state index in [4.69, 9.17) is 18.9 Å². The van der Waals surface area contributed by atoms with E-state index in [0.29, 0.717) is 51.1 Å². The van der Waals surface area contributed by atoms with Crippen LogP contribution in [0.15, 0.2) is 92.3 Å². The van der Waals surface area contributed by atoms with E-state index < -0.39 is 12.0 Å². The summed E-state index contributed by atoms with van der Waals surface area (Å²) in [6.07, 6.45) is 1.80. The van der Waals surface area contributed by atoms with Crippen molar-refractivity contribution in [3.63, 3.8) is 0 Å². The van der Waals surface area contributed by atoms with Gasteiger partial charge in [-0.05, 0) is 56.7 Å². The average Bonchev–Trinajstić information content (AvgIpc) is 3.31. The van der Waals surface area contributed by atoms with Crippen molar-refractivity contribution in [3.8, 4) is 17.2 Å². The number of hydrogen-bond donors (Lipinski definition) is 0. The standard InChI is InChI=1S/C33H31BrN2O6S/c1-5-40-30-24(11-9-13-26(30)39-4)29-28(32(38)41-6-2)20(3)35-33-36(29)31(37)27(43-33)18-22-10-7-8-12-25(22)42-19-21-14-16-23(34)17-15-21/h7-18,29H,5-6,19H2,1-4H3/b27-18+/t29-/m1/s1. The van der Waals surface area contributed by atoms with Crippen LogP contribution in [0.5, 0.6) is 17.2 Å². The molecular weight excluding hydrogens is 632 g/mol. The first-order chi connectivity index (χ1) is 20.9. The summed E-state index contributed by atoms with van der Waals surface area (Å²) in [6.45, 7) is 6.28. The molecule has 1 atom stereocenters. The molecule has 1 aromatic heterocycles. The lowest BCUT2D eigenvalue weighted by molar-refractivity contribution is -0.139. The minimum absolute atomic E-state index is 0.181. The Morgan fingerprint density at radius 1 is 1.00 bits per heavy atom. The van der Waals surface area contributed by atoms with Gasteiger partial charge in [0.05, 0.1) is 36.1 Å². The number of ether oxygens (including phenoxy) is 4. The molecule has 0 N–H and O–H groups in total. The highest BCUT2D eigenvalue weighted by molar-refractivity contribution is 9.10. The Bertz CT molecular complexity index is 1860. The molecule has 0 aliphatic carbocycles. The second-order valence-electron chi connectivity index (χ2n) is 9.57. The first-order valence-corrected chi connectivity index (χ1v) is 15.4. The Hall–Kier alpha value is -4.15. The van der Waals surface area contributed by atoms with E-state index in [9.17, 15) is 9.59 Å². The van der Waals surface area contributed by atoms with Gasteiger partial charge >= 0.3 is 5.97 Å². The zero-order chi connectivity index (χ0) is 30.5. The highest BCUT2D eigenvalue weighted by Gasteiger charge is 2.36. The molecule has 0 saturated carbocycles. The summed E-state index contributed by atoms with van der Waals surface area (Å²) in [5, 5.41) is 0. The summed E-state index contributed by atoms with van der Waals surface area (Å²) in [4.78, 5) is 32.7. The number of hydrogen-bond acceptors (Lipinski definition) is 8. The number of aromatic nitrogens is 1. The maximum atomic E-state index is 14.2. The number of methoxy groups -OCH3 is 1. The second-order valence-corrected chi connectivity index (χ2v) is 11.5. The number of para-hydroxylation sites is 2. The molecule has 1 aliphatic rings. The highest BCUT2D eigenvalue weighted by Crippen LogP contribution is 2.40. The van der Waals surface area contributed by atoms with Gasteiger partial charge in [-0.15, -0.1) is 0 Å². The summed E-state index contributed by atoms with van der Waals surface area (Å²) in [7, 11) is 1.55. The number of rotatable bonds is 10. The summed E-state index contributed by atoms with van der Waals surface area (Å²) in [6, 6.07) is 20.1. The second kappa shape index (κ2) is 13.4. The van der Waals surface area contributed by atoms with Gasteiger partial charge in [0, 0.05) is 15.6 Å². The smallest absolute Gasteiger partial charge is 0.338 e. The third kappa shape index (κ3) is 6.30. The normalized spacial score (nSPS) is 14.6. The lowest BCUT2D eigenvalue weighted by Gasteiger charge is -2.26. The van der Waals surface area contributed by atoms with Crippen molar-refractivity contribution in [2.75, 3.05) is 20.3 Å². The van der Waals surface area contributed by atoms with E-state index in [0.717, 1.165) is 15.6 Å².